The Balaban J connectivity index is 2.58. The predicted octanol–water partition coefficient (Wildman–Crippen LogP) is 2.54. The maximum absolute atomic E-state index is 12.4. The summed E-state index contributed by atoms with van der Waals surface area (Å²) >= 11 is 0. The fraction of sp³-hybridized carbons (Fsp3) is 0.0714. The van der Waals surface area contributed by atoms with E-state index in [1.54, 1.807) is 12.1 Å². The summed E-state index contributed by atoms with van der Waals surface area (Å²) < 4.78 is 29.7. The summed E-state index contributed by atoms with van der Waals surface area (Å²) in [6, 6.07) is 11.4. The molecule has 7 nitrogen and oxygen atoms in total. The van der Waals surface area contributed by atoms with Gasteiger partial charge in [-0.3, -0.25) is 10.1 Å². The molecule has 0 amide bonds. The lowest BCUT2D eigenvalue weighted by Crippen LogP contribution is -2.14. The Bertz CT molecular complexity index is 884. The molecule has 0 saturated heterocycles. The van der Waals surface area contributed by atoms with Crippen molar-refractivity contribution in [2.45, 2.75) is 11.8 Å². The molecule has 0 radical (unpaired) electrons. The quantitative estimate of drug-likeness (QED) is 0.486. The number of benzene rings is 2. The Labute approximate surface area is 126 Å². The molecule has 2 rings (SSSR count). The zero-order valence-corrected chi connectivity index (χ0v) is 12.2. The van der Waals surface area contributed by atoms with Gasteiger partial charge in [0.05, 0.1) is 10.5 Å². The lowest BCUT2D eigenvalue weighted by atomic mass is 10.2. The van der Waals surface area contributed by atoms with Crippen molar-refractivity contribution in [1.82, 2.24) is 0 Å². The zero-order valence-electron chi connectivity index (χ0n) is 11.4. The van der Waals surface area contributed by atoms with E-state index in [4.69, 9.17) is 9.44 Å². The van der Waals surface area contributed by atoms with E-state index in [0.717, 1.165) is 6.07 Å². The molecule has 0 aromatic heterocycles. The minimum atomic E-state index is -4.45. The highest BCUT2D eigenvalue weighted by Crippen LogP contribution is 2.30. The molecule has 0 fully saturated rings. The average molecular weight is 318 g/mol. The molecular formula is C14H10N2O5S. The van der Waals surface area contributed by atoms with Crippen molar-refractivity contribution in [2.75, 3.05) is 0 Å². The first-order valence-electron chi connectivity index (χ1n) is 6.04. The van der Waals surface area contributed by atoms with Crippen LogP contribution in [-0.4, -0.2) is 13.3 Å². The van der Waals surface area contributed by atoms with Gasteiger partial charge in [0.15, 0.2) is 10.6 Å². The van der Waals surface area contributed by atoms with Gasteiger partial charge in [0.1, 0.15) is 6.07 Å². The van der Waals surface area contributed by atoms with Crippen molar-refractivity contribution in [3.05, 3.63) is 63.7 Å². The third-order valence-corrected chi connectivity index (χ3v) is 4.27. The van der Waals surface area contributed by atoms with E-state index >= 15 is 0 Å². The van der Waals surface area contributed by atoms with Crippen molar-refractivity contribution in [1.29, 1.82) is 5.26 Å². The molecule has 2 aromatic carbocycles. The predicted molar refractivity (Wildman–Crippen MR) is 76.8 cm³/mol. The molecule has 0 spiro atoms. The van der Waals surface area contributed by atoms with Crippen LogP contribution in [0.15, 0.2) is 47.4 Å². The Morgan fingerprint density at radius 1 is 1.18 bits per heavy atom. The number of rotatable bonds is 4. The van der Waals surface area contributed by atoms with Gasteiger partial charge < -0.3 is 4.18 Å². The second kappa shape index (κ2) is 5.83. The first-order chi connectivity index (χ1) is 10.4. The highest BCUT2D eigenvalue weighted by atomic mass is 32.2. The first kappa shape index (κ1) is 15.5. The first-order valence-corrected chi connectivity index (χ1v) is 7.45. The molecule has 2 aromatic rings. The number of aryl methyl sites for hydroxylation is 1. The molecular weight excluding hydrogens is 308 g/mol. The number of nitro benzene ring substituents is 1. The molecule has 0 heterocycles. The molecule has 22 heavy (non-hydrogen) atoms. The largest absolute Gasteiger partial charge is 0.377 e. The Morgan fingerprint density at radius 2 is 1.86 bits per heavy atom. The highest BCUT2D eigenvalue weighted by Gasteiger charge is 2.30. The van der Waals surface area contributed by atoms with E-state index < -0.39 is 25.6 Å². The van der Waals surface area contributed by atoms with Crippen LogP contribution >= 0.6 is 0 Å². The highest BCUT2D eigenvalue weighted by molar-refractivity contribution is 7.87. The molecule has 112 valence electrons. The minimum absolute atomic E-state index is 0.0160. The monoisotopic (exact) mass is 318 g/mol. The van der Waals surface area contributed by atoms with Gasteiger partial charge in [-0.2, -0.15) is 13.7 Å². The molecule has 0 aliphatic carbocycles. The standard InChI is InChI=1S/C14H10N2O5S/c1-10-5-4-7-12(16(17)18)14(10)22(19,20)21-13-8-3-2-6-11(13)9-15/h2-8H,1H3. The van der Waals surface area contributed by atoms with E-state index in [1.807, 2.05) is 0 Å². The van der Waals surface area contributed by atoms with Crippen molar-refractivity contribution < 1.29 is 17.5 Å². The molecule has 0 aliphatic heterocycles. The van der Waals surface area contributed by atoms with Gasteiger partial charge in [0.25, 0.3) is 5.69 Å². The molecule has 0 aliphatic rings. The summed E-state index contributed by atoms with van der Waals surface area (Å²) in [4.78, 5) is 9.72. The van der Waals surface area contributed by atoms with Crippen LogP contribution in [0.5, 0.6) is 5.75 Å². The smallest absolute Gasteiger partial charge is 0.346 e. The van der Waals surface area contributed by atoms with Crippen LogP contribution in [0.25, 0.3) is 0 Å². The Morgan fingerprint density at radius 3 is 2.50 bits per heavy atom. The maximum Gasteiger partial charge on any atom is 0.346 e. The van der Waals surface area contributed by atoms with Gasteiger partial charge in [-0.25, -0.2) is 0 Å². The summed E-state index contributed by atoms with van der Waals surface area (Å²) in [6.07, 6.45) is 0. The number of hydrogen-bond acceptors (Lipinski definition) is 6. The molecule has 0 saturated carbocycles. The minimum Gasteiger partial charge on any atom is -0.377 e. The summed E-state index contributed by atoms with van der Waals surface area (Å²) in [5, 5.41) is 20.0. The third-order valence-electron chi connectivity index (χ3n) is 2.84. The summed E-state index contributed by atoms with van der Waals surface area (Å²) in [6.45, 7) is 1.43. The van der Waals surface area contributed by atoms with Gasteiger partial charge in [-0.1, -0.05) is 24.3 Å². The summed E-state index contributed by atoms with van der Waals surface area (Å²) in [5.74, 6) is -0.178. The fourth-order valence-corrected chi connectivity index (χ4v) is 3.22. The molecule has 0 bridgehead atoms. The van der Waals surface area contributed by atoms with Gasteiger partial charge >= 0.3 is 10.1 Å². The number of nitrogens with zero attached hydrogens (tertiary/aromatic N) is 2. The van der Waals surface area contributed by atoms with Gasteiger partial charge in [0.2, 0.25) is 0 Å². The van der Waals surface area contributed by atoms with E-state index in [-0.39, 0.29) is 16.9 Å². The van der Waals surface area contributed by atoms with Crippen molar-refractivity contribution in [3.63, 3.8) is 0 Å². The summed E-state index contributed by atoms with van der Waals surface area (Å²) in [7, 11) is -4.45. The van der Waals surface area contributed by atoms with Gasteiger partial charge in [0, 0.05) is 6.07 Å². The molecule has 0 unspecified atom stereocenters. The van der Waals surface area contributed by atoms with Crippen LogP contribution in [0.3, 0.4) is 0 Å². The van der Waals surface area contributed by atoms with Crippen LogP contribution < -0.4 is 4.18 Å². The Kier molecular flexibility index (Phi) is 4.10. The summed E-state index contributed by atoms with van der Waals surface area (Å²) in [5.41, 5.74) is -0.375. The average Bonchev–Trinajstić information content (AvgIpc) is 2.46. The lowest BCUT2D eigenvalue weighted by molar-refractivity contribution is -0.388. The second-order valence-electron chi connectivity index (χ2n) is 4.33. The third kappa shape index (κ3) is 2.89. The molecule has 8 heteroatoms. The van der Waals surface area contributed by atoms with Gasteiger partial charge in [-0.15, -0.1) is 0 Å². The number of hydrogen-bond donors (Lipinski definition) is 0. The number of nitro groups is 1. The van der Waals surface area contributed by atoms with Crippen molar-refractivity contribution in [3.8, 4) is 11.8 Å². The zero-order chi connectivity index (χ0) is 16.3. The number of nitriles is 1. The van der Waals surface area contributed by atoms with E-state index in [1.165, 1.54) is 37.3 Å². The van der Waals surface area contributed by atoms with Crippen LogP contribution in [0.2, 0.25) is 0 Å². The van der Waals surface area contributed by atoms with Crippen LogP contribution in [0.4, 0.5) is 5.69 Å². The number of para-hydroxylation sites is 1. The molecule has 0 atom stereocenters. The second-order valence-corrected chi connectivity index (χ2v) is 5.81. The normalized spacial score (nSPS) is 10.7. The SMILES string of the molecule is Cc1cccc([N+](=O)[O-])c1S(=O)(=O)Oc1ccccc1C#N. The van der Waals surface area contributed by atoms with Crippen LogP contribution in [0.1, 0.15) is 11.1 Å². The van der Waals surface area contributed by atoms with E-state index in [0.29, 0.717) is 0 Å². The topological polar surface area (TPSA) is 110 Å². The van der Waals surface area contributed by atoms with Crippen molar-refractivity contribution >= 4 is 15.8 Å². The Hall–Kier alpha value is -2.92. The maximum atomic E-state index is 12.4. The van der Waals surface area contributed by atoms with Gasteiger partial charge in [-0.05, 0) is 24.6 Å². The van der Waals surface area contributed by atoms with Crippen molar-refractivity contribution in [2.24, 2.45) is 0 Å². The van der Waals surface area contributed by atoms with Crippen LogP contribution in [0, 0.1) is 28.4 Å². The molecule has 0 N–H and O–H groups in total. The van der Waals surface area contributed by atoms with E-state index in [9.17, 15) is 18.5 Å². The van der Waals surface area contributed by atoms with Crippen LogP contribution in [-0.2, 0) is 10.1 Å². The fourth-order valence-electron chi connectivity index (χ4n) is 1.90. The lowest BCUT2D eigenvalue weighted by Gasteiger charge is -2.10. The van der Waals surface area contributed by atoms with E-state index in [2.05, 4.69) is 0 Å².